The minimum atomic E-state index is -3.49. The van der Waals surface area contributed by atoms with Gasteiger partial charge >= 0.3 is 5.69 Å². The van der Waals surface area contributed by atoms with Crippen molar-refractivity contribution in [2.75, 3.05) is 25.7 Å². The van der Waals surface area contributed by atoms with E-state index in [-0.39, 0.29) is 11.6 Å². The molecule has 0 saturated heterocycles. The summed E-state index contributed by atoms with van der Waals surface area (Å²) in [6, 6.07) is 12.4. The van der Waals surface area contributed by atoms with E-state index >= 15 is 0 Å². The highest BCUT2D eigenvalue weighted by Crippen LogP contribution is 2.32. The molecule has 0 spiro atoms. The van der Waals surface area contributed by atoms with Crippen LogP contribution < -0.4 is 15.2 Å². The lowest BCUT2D eigenvalue weighted by Gasteiger charge is -2.20. The van der Waals surface area contributed by atoms with Crippen molar-refractivity contribution in [1.29, 1.82) is 0 Å². The highest BCUT2D eigenvalue weighted by Gasteiger charge is 2.25. The van der Waals surface area contributed by atoms with Gasteiger partial charge in [-0.25, -0.2) is 22.6 Å². The van der Waals surface area contributed by atoms with E-state index in [9.17, 15) is 17.6 Å². The molecule has 0 fully saturated rings. The number of sulfone groups is 1. The summed E-state index contributed by atoms with van der Waals surface area (Å²) in [7, 11) is -1.98. The number of fused-ring (bicyclic) bond motifs is 1. The van der Waals surface area contributed by atoms with Crippen molar-refractivity contribution in [1.82, 2.24) is 14.5 Å². The monoisotopic (exact) mass is 499 g/mol. The molecule has 0 saturated carbocycles. The van der Waals surface area contributed by atoms with E-state index in [2.05, 4.69) is 9.97 Å². The van der Waals surface area contributed by atoms with Gasteiger partial charge in [0.2, 0.25) is 0 Å². The van der Waals surface area contributed by atoms with E-state index in [0.717, 1.165) is 6.26 Å². The Balaban J connectivity index is 1.81. The van der Waals surface area contributed by atoms with Crippen LogP contribution in [0.1, 0.15) is 29.7 Å². The van der Waals surface area contributed by atoms with Gasteiger partial charge in [-0.15, -0.1) is 0 Å². The number of halogens is 1. The number of benzene rings is 2. The maximum absolute atomic E-state index is 14.1. The zero-order chi connectivity index (χ0) is 25.2. The Hall–Kier alpha value is -3.66. The molecule has 0 aliphatic carbocycles. The molecular formula is C25H26FN3O5S. The standard InChI is InChI=1S/C25H26FN3O5S/c1-4-34-23-13-18(9-10-22(23)33-2)21(15-35(3,31)32)29-24-20(28-25(29)30)12-16(14-27-24)11-17-7-5-6-8-19(17)26/h5-10,12-14,21H,4,11,15H2,1-3H3,(H,28,30)/t21-/m1/s1. The molecule has 0 amide bonds. The third kappa shape index (κ3) is 5.37. The summed E-state index contributed by atoms with van der Waals surface area (Å²) in [5, 5.41) is 0. The van der Waals surface area contributed by atoms with Crippen LogP contribution in [-0.4, -0.2) is 48.7 Å². The number of ether oxygens (including phenoxy) is 2. The SMILES string of the molecule is CCOc1cc([C@@H](CS(C)(=O)=O)n2c(=O)[nH]c3cc(Cc4ccccc4F)cnc32)ccc1OC. The normalized spacial score (nSPS) is 12.6. The summed E-state index contributed by atoms with van der Waals surface area (Å²) in [6.07, 6.45) is 2.98. The molecule has 0 unspecified atom stereocenters. The lowest BCUT2D eigenvalue weighted by Crippen LogP contribution is -2.28. The number of nitrogens with one attached hydrogen (secondary N) is 1. The molecule has 0 bridgehead atoms. The second-order valence-electron chi connectivity index (χ2n) is 8.23. The number of aromatic nitrogens is 3. The van der Waals surface area contributed by atoms with Gasteiger partial charge in [0.15, 0.2) is 17.1 Å². The highest BCUT2D eigenvalue weighted by atomic mass is 32.2. The first-order valence-electron chi connectivity index (χ1n) is 11.0. The summed E-state index contributed by atoms with van der Waals surface area (Å²) < 4.78 is 51.1. The first kappa shape index (κ1) is 24.5. The molecule has 0 radical (unpaired) electrons. The van der Waals surface area contributed by atoms with Crippen LogP contribution in [0.2, 0.25) is 0 Å². The highest BCUT2D eigenvalue weighted by molar-refractivity contribution is 7.90. The predicted molar refractivity (Wildman–Crippen MR) is 132 cm³/mol. The summed E-state index contributed by atoms with van der Waals surface area (Å²) in [5.74, 6) is 0.294. The smallest absolute Gasteiger partial charge is 0.328 e. The van der Waals surface area contributed by atoms with E-state index in [4.69, 9.17) is 9.47 Å². The molecule has 0 aliphatic heterocycles. The second-order valence-corrected chi connectivity index (χ2v) is 10.4. The number of nitrogens with zero attached hydrogens (tertiary/aromatic N) is 2. The fourth-order valence-electron chi connectivity index (χ4n) is 4.08. The predicted octanol–water partition coefficient (Wildman–Crippen LogP) is 3.50. The number of hydrogen-bond acceptors (Lipinski definition) is 6. The summed E-state index contributed by atoms with van der Waals surface area (Å²) >= 11 is 0. The zero-order valence-electron chi connectivity index (χ0n) is 19.6. The van der Waals surface area contributed by atoms with Gasteiger partial charge in [0.1, 0.15) is 15.7 Å². The third-order valence-corrected chi connectivity index (χ3v) is 6.53. The summed E-state index contributed by atoms with van der Waals surface area (Å²) in [5.41, 5.74) is 2.00. The Labute approximate surface area is 202 Å². The van der Waals surface area contributed by atoms with Crippen molar-refractivity contribution in [2.24, 2.45) is 0 Å². The molecule has 4 rings (SSSR count). The number of imidazole rings is 1. The van der Waals surface area contributed by atoms with E-state index in [1.807, 2.05) is 6.92 Å². The first-order valence-corrected chi connectivity index (χ1v) is 13.1. The lowest BCUT2D eigenvalue weighted by molar-refractivity contribution is 0.310. The van der Waals surface area contributed by atoms with Crippen molar-refractivity contribution < 1.29 is 22.3 Å². The van der Waals surface area contributed by atoms with Gasteiger partial charge in [-0.2, -0.15) is 0 Å². The van der Waals surface area contributed by atoms with Crippen molar-refractivity contribution in [2.45, 2.75) is 19.4 Å². The van der Waals surface area contributed by atoms with Gasteiger partial charge < -0.3 is 14.5 Å². The molecule has 184 valence electrons. The van der Waals surface area contributed by atoms with Gasteiger partial charge in [-0.1, -0.05) is 24.3 Å². The van der Waals surface area contributed by atoms with Crippen LogP contribution in [0.25, 0.3) is 11.2 Å². The number of aromatic amines is 1. The molecule has 1 N–H and O–H groups in total. The van der Waals surface area contributed by atoms with Gasteiger partial charge in [0.25, 0.3) is 0 Å². The van der Waals surface area contributed by atoms with Crippen molar-refractivity contribution >= 4 is 21.0 Å². The van der Waals surface area contributed by atoms with Crippen LogP contribution in [0.5, 0.6) is 11.5 Å². The Morgan fingerprint density at radius 3 is 2.60 bits per heavy atom. The Bertz CT molecular complexity index is 1530. The molecule has 10 heteroatoms. The summed E-state index contributed by atoms with van der Waals surface area (Å²) in [6.45, 7) is 2.21. The minimum absolute atomic E-state index is 0.297. The van der Waals surface area contributed by atoms with E-state index in [1.54, 1.807) is 48.7 Å². The summed E-state index contributed by atoms with van der Waals surface area (Å²) in [4.78, 5) is 20.3. The first-order chi connectivity index (χ1) is 16.7. The van der Waals surface area contributed by atoms with Gasteiger partial charge in [-0.3, -0.25) is 4.57 Å². The van der Waals surface area contributed by atoms with Crippen LogP contribution in [0, 0.1) is 5.82 Å². The van der Waals surface area contributed by atoms with Gasteiger partial charge in [0.05, 0.1) is 31.0 Å². The molecule has 2 aromatic heterocycles. The van der Waals surface area contributed by atoms with Crippen molar-refractivity contribution in [3.8, 4) is 11.5 Å². The fraction of sp³-hybridized carbons (Fsp3) is 0.280. The minimum Gasteiger partial charge on any atom is -0.493 e. The van der Waals surface area contributed by atoms with E-state index < -0.39 is 21.6 Å². The average Bonchev–Trinajstić information content (AvgIpc) is 3.13. The van der Waals surface area contributed by atoms with Gasteiger partial charge in [-0.05, 0) is 47.9 Å². The van der Waals surface area contributed by atoms with Crippen LogP contribution in [-0.2, 0) is 16.3 Å². The van der Waals surface area contributed by atoms with Crippen LogP contribution in [0.15, 0.2) is 59.5 Å². The number of methoxy groups -OCH3 is 1. The molecule has 35 heavy (non-hydrogen) atoms. The van der Waals surface area contributed by atoms with Crippen molar-refractivity contribution in [3.63, 3.8) is 0 Å². The maximum Gasteiger partial charge on any atom is 0.328 e. The molecule has 1 atom stereocenters. The van der Waals surface area contributed by atoms with Crippen LogP contribution in [0.4, 0.5) is 4.39 Å². The van der Waals surface area contributed by atoms with E-state index in [0.29, 0.717) is 52.4 Å². The number of H-pyrrole nitrogens is 1. The Morgan fingerprint density at radius 1 is 1.14 bits per heavy atom. The lowest BCUT2D eigenvalue weighted by atomic mass is 10.1. The zero-order valence-corrected chi connectivity index (χ0v) is 20.4. The number of rotatable bonds is 9. The maximum atomic E-state index is 14.1. The quantitative estimate of drug-likeness (QED) is 0.378. The number of pyridine rings is 1. The second kappa shape index (κ2) is 9.91. The Kier molecular flexibility index (Phi) is 6.93. The molecular weight excluding hydrogens is 473 g/mol. The van der Waals surface area contributed by atoms with Gasteiger partial charge in [0, 0.05) is 18.9 Å². The topological polar surface area (TPSA) is 103 Å². The molecule has 2 heterocycles. The number of hydrogen-bond donors (Lipinski definition) is 1. The molecule has 2 aromatic carbocycles. The van der Waals surface area contributed by atoms with E-state index in [1.165, 1.54) is 17.7 Å². The van der Waals surface area contributed by atoms with Crippen LogP contribution in [0.3, 0.4) is 0 Å². The largest absolute Gasteiger partial charge is 0.493 e. The molecule has 0 aliphatic rings. The third-order valence-electron chi connectivity index (χ3n) is 5.61. The molecule has 4 aromatic rings. The Morgan fingerprint density at radius 2 is 1.91 bits per heavy atom. The van der Waals surface area contributed by atoms with Crippen LogP contribution >= 0.6 is 0 Å². The average molecular weight is 500 g/mol. The molecule has 8 nitrogen and oxygen atoms in total. The van der Waals surface area contributed by atoms with Crippen molar-refractivity contribution in [3.05, 3.63) is 87.7 Å². The fourth-order valence-corrected chi connectivity index (χ4v) is 4.99.